The molecule has 0 atom stereocenters. The van der Waals surface area contributed by atoms with Gasteiger partial charge >= 0.3 is 0 Å². The summed E-state index contributed by atoms with van der Waals surface area (Å²) in [5.74, 6) is 0. The monoisotopic (exact) mass is 148 g/mol. The van der Waals surface area contributed by atoms with Gasteiger partial charge in [-0.05, 0) is 18.4 Å². The van der Waals surface area contributed by atoms with Crippen molar-refractivity contribution < 1.29 is 0 Å². The highest BCUT2D eigenvalue weighted by Crippen LogP contribution is 2.35. The Hall–Kier alpha value is 0.0600. The van der Waals surface area contributed by atoms with Crippen LogP contribution in [0, 0.1) is 0 Å². The van der Waals surface area contributed by atoms with Gasteiger partial charge < -0.3 is 0 Å². The average molecular weight is 149 g/mol. The Balaban J connectivity index is 2.57. The highest BCUT2D eigenvalue weighted by atomic mass is 35.5. The van der Waals surface area contributed by atoms with E-state index in [1.54, 1.807) is 0 Å². The minimum Gasteiger partial charge on any atom is -0.0992 e. The van der Waals surface area contributed by atoms with E-state index in [-0.39, 0.29) is 0 Å². The lowest BCUT2D eigenvalue weighted by atomic mass is 9.89. The quantitative estimate of drug-likeness (QED) is 0.464. The van der Waals surface area contributed by atoms with E-state index in [4.69, 9.17) is 23.2 Å². The lowest BCUT2D eigenvalue weighted by Crippen LogP contribution is -2.00. The largest absolute Gasteiger partial charge is 0.106 e. The van der Waals surface area contributed by atoms with Crippen molar-refractivity contribution in [2.75, 3.05) is 0 Å². The average Bonchev–Trinajstić information content (AvgIpc) is 1.57. The summed E-state index contributed by atoms with van der Waals surface area (Å²) >= 11 is 10.9. The predicted molar refractivity (Wildman–Crippen MR) is 37.1 cm³/mol. The van der Waals surface area contributed by atoms with Crippen molar-refractivity contribution in [2.45, 2.75) is 12.8 Å². The van der Waals surface area contributed by atoms with Gasteiger partial charge in [0.25, 0.3) is 0 Å². The van der Waals surface area contributed by atoms with Gasteiger partial charge in [0.15, 0.2) is 0 Å². The van der Waals surface area contributed by atoms with Crippen LogP contribution in [0.2, 0.25) is 0 Å². The van der Waals surface area contributed by atoms with Crippen LogP contribution in [0.3, 0.4) is 0 Å². The number of allylic oxidation sites excluding steroid dienone is 2. The normalized spacial score (nSPS) is 18.2. The van der Waals surface area contributed by atoms with E-state index in [0.717, 1.165) is 18.4 Å². The fourth-order valence-electron chi connectivity index (χ4n) is 0.685. The Morgan fingerprint density at radius 2 is 1.88 bits per heavy atom. The van der Waals surface area contributed by atoms with Gasteiger partial charge in [-0.1, -0.05) is 35.4 Å². The van der Waals surface area contributed by atoms with Crippen molar-refractivity contribution in [3.63, 3.8) is 0 Å². The molecule has 0 nitrogen and oxygen atoms in total. The molecule has 1 fully saturated rings. The van der Waals surface area contributed by atoms with E-state index in [1.165, 1.54) is 5.57 Å². The van der Waals surface area contributed by atoms with Crippen LogP contribution in [0.1, 0.15) is 12.8 Å². The zero-order valence-corrected chi connectivity index (χ0v) is 5.89. The topological polar surface area (TPSA) is 0 Å². The van der Waals surface area contributed by atoms with E-state index in [9.17, 15) is 0 Å². The molecule has 0 saturated heterocycles. The molecule has 2 heteroatoms. The molecule has 0 bridgehead atoms. The molecule has 0 aromatic heterocycles. The van der Waals surface area contributed by atoms with E-state index >= 15 is 0 Å². The summed E-state index contributed by atoms with van der Waals surface area (Å²) in [7, 11) is 0. The summed E-state index contributed by atoms with van der Waals surface area (Å²) < 4.78 is 0.428. The Labute approximate surface area is 58.8 Å². The SMILES string of the molecule is C=C1CC(=C(Cl)Cl)C1. The summed E-state index contributed by atoms with van der Waals surface area (Å²) in [4.78, 5) is 0. The van der Waals surface area contributed by atoms with Crippen LogP contribution < -0.4 is 0 Å². The van der Waals surface area contributed by atoms with Crippen LogP contribution >= 0.6 is 23.2 Å². The minimum absolute atomic E-state index is 0.428. The summed E-state index contributed by atoms with van der Waals surface area (Å²) in [5.41, 5.74) is 2.34. The van der Waals surface area contributed by atoms with Crippen LogP contribution in [-0.2, 0) is 0 Å². The summed E-state index contributed by atoms with van der Waals surface area (Å²) in [5, 5.41) is 0. The number of hydrogen-bond donors (Lipinski definition) is 0. The first-order valence-corrected chi connectivity index (χ1v) is 3.15. The highest BCUT2D eigenvalue weighted by Gasteiger charge is 2.15. The molecule has 0 spiro atoms. The molecule has 8 heavy (non-hydrogen) atoms. The standard InChI is InChI=1S/C6H6Cl2/c1-4-2-5(3-4)6(7)8/h1-3H2. The number of halogens is 2. The minimum atomic E-state index is 0.428. The predicted octanol–water partition coefficient (Wildman–Crippen LogP) is 3.03. The molecule has 0 aliphatic heterocycles. The van der Waals surface area contributed by atoms with Gasteiger partial charge in [0.1, 0.15) is 4.49 Å². The Kier molecular flexibility index (Phi) is 1.64. The molecule has 0 N–H and O–H groups in total. The zero-order chi connectivity index (χ0) is 6.15. The second-order valence-corrected chi connectivity index (χ2v) is 2.92. The van der Waals surface area contributed by atoms with Gasteiger partial charge in [-0.2, -0.15) is 0 Å². The van der Waals surface area contributed by atoms with Crippen LogP contribution in [0.4, 0.5) is 0 Å². The second-order valence-electron chi connectivity index (χ2n) is 1.97. The molecule has 1 aliphatic rings. The molecule has 1 saturated carbocycles. The Morgan fingerprint density at radius 1 is 1.38 bits per heavy atom. The van der Waals surface area contributed by atoms with Gasteiger partial charge in [-0.15, -0.1) is 0 Å². The van der Waals surface area contributed by atoms with Crippen LogP contribution in [0.5, 0.6) is 0 Å². The molecule has 44 valence electrons. The van der Waals surface area contributed by atoms with Crippen LogP contribution in [0.25, 0.3) is 0 Å². The lowest BCUT2D eigenvalue weighted by Gasteiger charge is -2.19. The first kappa shape index (κ1) is 6.18. The maximum atomic E-state index is 5.45. The molecule has 1 rings (SSSR count). The van der Waals surface area contributed by atoms with E-state index < -0.39 is 0 Å². The fraction of sp³-hybridized carbons (Fsp3) is 0.333. The smallest absolute Gasteiger partial charge is 0.0992 e. The van der Waals surface area contributed by atoms with Crippen molar-refractivity contribution in [3.8, 4) is 0 Å². The first-order chi connectivity index (χ1) is 3.70. The Morgan fingerprint density at radius 3 is 2.00 bits per heavy atom. The molecule has 0 unspecified atom stereocenters. The second kappa shape index (κ2) is 2.12. The molecular formula is C6H6Cl2. The number of hydrogen-bond acceptors (Lipinski definition) is 0. The molecule has 0 aromatic carbocycles. The van der Waals surface area contributed by atoms with Crippen molar-refractivity contribution >= 4 is 23.2 Å². The van der Waals surface area contributed by atoms with Crippen LogP contribution in [-0.4, -0.2) is 0 Å². The molecule has 0 aromatic rings. The summed E-state index contributed by atoms with van der Waals surface area (Å²) in [6.45, 7) is 3.74. The van der Waals surface area contributed by atoms with Crippen molar-refractivity contribution in [3.05, 3.63) is 22.2 Å². The van der Waals surface area contributed by atoms with Crippen molar-refractivity contribution in [1.29, 1.82) is 0 Å². The maximum absolute atomic E-state index is 5.45. The molecular weight excluding hydrogens is 143 g/mol. The third-order valence-electron chi connectivity index (χ3n) is 1.19. The third kappa shape index (κ3) is 1.07. The van der Waals surface area contributed by atoms with Gasteiger partial charge in [0, 0.05) is 0 Å². The molecule has 0 amide bonds. The van der Waals surface area contributed by atoms with Crippen molar-refractivity contribution in [2.24, 2.45) is 0 Å². The fourth-order valence-corrected chi connectivity index (χ4v) is 0.953. The molecule has 0 heterocycles. The van der Waals surface area contributed by atoms with E-state index in [1.807, 2.05) is 0 Å². The van der Waals surface area contributed by atoms with Gasteiger partial charge in [-0.3, -0.25) is 0 Å². The van der Waals surface area contributed by atoms with E-state index in [0.29, 0.717) is 4.49 Å². The first-order valence-electron chi connectivity index (χ1n) is 2.40. The summed E-state index contributed by atoms with van der Waals surface area (Å²) in [6.07, 6.45) is 1.81. The molecule has 1 aliphatic carbocycles. The van der Waals surface area contributed by atoms with Crippen LogP contribution in [0.15, 0.2) is 22.2 Å². The Bertz CT molecular complexity index is 142. The number of rotatable bonds is 0. The molecule has 0 radical (unpaired) electrons. The summed E-state index contributed by atoms with van der Waals surface area (Å²) in [6, 6.07) is 0. The maximum Gasteiger partial charge on any atom is 0.106 e. The highest BCUT2D eigenvalue weighted by molar-refractivity contribution is 6.56. The van der Waals surface area contributed by atoms with Gasteiger partial charge in [0.05, 0.1) is 0 Å². The third-order valence-corrected chi connectivity index (χ3v) is 1.73. The van der Waals surface area contributed by atoms with Gasteiger partial charge in [0.2, 0.25) is 0 Å². The van der Waals surface area contributed by atoms with E-state index in [2.05, 4.69) is 6.58 Å². The van der Waals surface area contributed by atoms with Crippen molar-refractivity contribution in [1.82, 2.24) is 0 Å². The zero-order valence-electron chi connectivity index (χ0n) is 4.38. The lowest BCUT2D eigenvalue weighted by molar-refractivity contribution is 0.866. The van der Waals surface area contributed by atoms with Gasteiger partial charge in [-0.25, -0.2) is 0 Å².